The summed E-state index contributed by atoms with van der Waals surface area (Å²) in [6, 6.07) is 0. The van der Waals surface area contributed by atoms with Crippen LogP contribution in [0.2, 0.25) is 0 Å². The summed E-state index contributed by atoms with van der Waals surface area (Å²) in [5.74, 6) is 1.11. The molecule has 0 aliphatic heterocycles. The molecule has 1 fully saturated rings. The first-order valence-electron chi connectivity index (χ1n) is 5.45. The molecule has 1 saturated carbocycles. The van der Waals surface area contributed by atoms with Crippen molar-refractivity contribution in [1.29, 1.82) is 0 Å². The number of ketones is 1. The van der Waals surface area contributed by atoms with Crippen molar-refractivity contribution < 1.29 is 9.90 Å². The quantitative estimate of drug-likeness (QED) is 0.666. The van der Waals surface area contributed by atoms with Crippen molar-refractivity contribution in [2.45, 2.75) is 51.4 Å². The Balaban J connectivity index is 2.03. The van der Waals surface area contributed by atoms with Gasteiger partial charge in [0.05, 0.1) is 0 Å². The van der Waals surface area contributed by atoms with Gasteiger partial charge in [0.15, 0.2) is 0 Å². The van der Waals surface area contributed by atoms with E-state index in [-0.39, 0.29) is 0 Å². The highest BCUT2D eigenvalue weighted by molar-refractivity contribution is 5.79. The predicted molar refractivity (Wildman–Crippen MR) is 52.5 cm³/mol. The van der Waals surface area contributed by atoms with Crippen LogP contribution >= 0.6 is 0 Å². The number of aliphatic hydroxyl groups is 1. The topological polar surface area (TPSA) is 37.3 Å². The van der Waals surface area contributed by atoms with Crippen LogP contribution in [-0.4, -0.2) is 17.5 Å². The van der Waals surface area contributed by atoms with Crippen molar-refractivity contribution in [3.05, 3.63) is 0 Å². The van der Waals surface area contributed by atoms with Crippen molar-refractivity contribution in [3.63, 3.8) is 0 Å². The minimum atomic E-state index is 0.309. The van der Waals surface area contributed by atoms with Crippen LogP contribution in [0.1, 0.15) is 51.4 Å². The Hall–Kier alpha value is -0.370. The second-order valence-electron chi connectivity index (χ2n) is 4.07. The Morgan fingerprint density at radius 3 is 2.85 bits per heavy atom. The van der Waals surface area contributed by atoms with E-state index < -0.39 is 0 Å². The maximum absolute atomic E-state index is 11.1. The summed E-state index contributed by atoms with van der Waals surface area (Å²) in [7, 11) is 0. The number of carbonyl (C=O) groups is 1. The van der Waals surface area contributed by atoms with Crippen LogP contribution in [-0.2, 0) is 4.79 Å². The zero-order valence-corrected chi connectivity index (χ0v) is 8.30. The van der Waals surface area contributed by atoms with E-state index in [1.165, 1.54) is 19.3 Å². The summed E-state index contributed by atoms with van der Waals surface area (Å²) < 4.78 is 0. The van der Waals surface area contributed by atoms with Crippen LogP contribution in [0.3, 0.4) is 0 Å². The SMILES string of the molecule is O=C1CCCC(CCCCCO)C1. The summed E-state index contributed by atoms with van der Waals surface area (Å²) in [5, 5.41) is 8.59. The largest absolute Gasteiger partial charge is 0.396 e. The minimum Gasteiger partial charge on any atom is -0.396 e. The summed E-state index contributed by atoms with van der Waals surface area (Å²) in [4.78, 5) is 11.1. The molecule has 0 amide bonds. The Labute approximate surface area is 80.3 Å². The number of hydrogen-bond donors (Lipinski definition) is 1. The molecule has 2 heteroatoms. The normalized spacial score (nSPS) is 23.5. The van der Waals surface area contributed by atoms with E-state index >= 15 is 0 Å². The molecule has 0 aromatic carbocycles. The lowest BCUT2D eigenvalue weighted by Gasteiger charge is -2.20. The molecule has 0 aromatic rings. The standard InChI is InChI=1S/C11H20O2/c12-8-3-1-2-5-10-6-4-7-11(13)9-10/h10,12H,1-9H2. The fourth-order valence-electron chi connectivity index (χ4n) is 2.08. The zero-order chi connectivity index (χ0) is 9.52. The van der Waals surface area contributed by atoms with E-state index in [4.69, 9.17) is 5.11 Å². The molecule has 1 aliphatic rings. The Morgan fingerprint density at radius 1 is 1.31 bits per heavy atom. The zero-order valence-electron chi connectivity index (χ0n) is 8.30. The average Bonchev–Trinajstić information content (AvgIpc) is 2.13. The second-order valence-corrected chi connectivity index (χ2v) is 4.07. The molecule has 1 aliphatic carbocycles. The number of aliphatic hydroxyl groups excluding tert-OH is 1. The van der Waals surface area contributed by atoms with Crippen molar-refractivity contribution in [3.8, 4) is 0 Å². The van der Waals surface area contributed by atoms with E-state index in [9.17, 15) is 4.79 Å². The maximum atomic E-state index is 11.1. The fourth-order valence-corrected chi connectivity index (χ4v) is 2.08. The minimum absolute atomic E-state index is 0.309. The smallest absolute Gasteiger partial charge is 0.133 e. The first-order valence-corrected chi connectivity index (χ1v) is 5.45. The van der Waals surface area contributed by atoms with Gasteiger partial charge in [-0.3, -0.25) is 4.79 Å². The van der Waals surface area contributed by atoms with Gasteiger partial charge in [-0.15, -0.1) is 0 Å². The molecule has 13 heavy (non-hydrogen) atoms. The second kappa shape index (κ2) is 6.14. The number of Topliss-reactive ketones (excluding diaryl/α,β-unsaturated/α-hetero) is 1. The number of hydrogen-bond acceptors (Lipinski definition) is 2. The van der Waals surface area contributed by atoms with Crippen molar-refractivity contribution >= 4 is 5.78 Å². The van der Waals surface area contributed by atoms with Crippen molar-refractivity contribution in [1.82, 2.24) is 0 Å². The maximum Gasteiger partial charge on any atom is 0.133 e. The van der Waals surface area contributed by atoms with Crippen LogP contribution in [0, 0.1) is 5.92 Å². The lowest BCUT2D eigenvalue weighted by atomic mass is 9.85. The third kappa shape index (κ3) is 4.41. The highest BCUT2D eigenvalue weighted by Crippen LogP contribution is 2.25. The summed E-state index contributed by atoms with van der Waals surface area (Å²) in [5.41, 5.74) is 0. The van der Waals surface area contributed by atoms with Gasteiger partial charge in [-0.2, -0.15) is 0 Å². The lowest BCUT2D eigenvalue weighted by Crippen LogP contribution is -2.14. The van der Waals surface area contributed by atoms with E-state index in [1.807, 2.05) is 0 Å². The molecule has 2 nitrogen and oxygen atoms in total. The molecule has 0 saturated heterocycles. The molecule has 0 spiro atoms. The molecule has 0 heterocycles. The summed E-state index contributed by atoms with van der Waals surface area (Å²) in [6.07, 6.45) is 8.37. The monoisotopic (exact) mass is 184 g/mol. The van der Waals surface area contributed by atoms with Crippen molar-refractivity contribution in [2.75, 3.05) is 6.61 Å². The fraction of sp³-hybridized carbons (Fsp3) is 0.909. The van der Waals surface area contributed by atoms with Crippen LogP contribution in [0.25, 0.3) is 0 Å². The molecule has 0 aromatic heterocycles. The van der Waals surface area contributed by atoms with Gasteiger partial charge in [-0.05, 0) is 25.2 Å². The first-order chi connectivity index (χ1) is 6.33. The van der Waals surface area contributed by atoms with E-state index in [0.717, 1.165) is 32.1 Å². The molecular weight excluding hydrogens is 164 g/mol. The van der Waals surface area contributed by atoms with Gasteiger partial charge in [0.2, 0.25) is 0 Å². The lowest BCUT2D eigenvalue weighted by molar-refractivity contribution is -0.121. The molecular formula is C11H20O2. The van der Waals surface area contributed by atoms with Crippen LogP contribution in [0.4, 0.5) is 0 Å². The molecule has 0 radical (unpaired) electrons. The van der Waals surface area contributed by atoms with Crippen molar-refractivity contribution in [2.24, 2.45) is 5.92 Å². The van der Waals surface area contributed by atoms with Gasteiger partial charge in [-0.1, -0.05) is 19.3 Å². The molecule has 0 bridgehead atoms. The molecule has 1 unspecified atom stereocenters. The van der Waals surface area contributed by atoms with Gasteiger partial charge < -0.3 is 5.11 Å². The highest BCUT2D eigenvalue weighted by atomic mass is 16.2. The molecule has 1 N–H and O–H groups in total. The first kappa shape index (κ1) is 10.7. The third-order valence-electron chi connectivity index (χ3n) is 2.85. The predicted octanol–water partition coefficient (Wildman–Crippen LogP) is 2.30. The van der Waals surface area contributed by atoms with Crippen LogP contribution in [0.5, 0.6) is 0 Å². The Kier molecular flexibility index (Phi) is 5.06. The van der Waals surface area contributed by atoms with Gasteiger partial charge >= 0.3 is 0 Å². The van der Waals surface area contributed by atoms with Gasteiger partial charge in [0.25, 0.3) is 0 Å². The van der Waals surface area contributed by atoms with E-state index in [0.29, 0.717) is 18.3 Å². The molecule has 76 valence electrons. The average molecular weight is 184 g/mol. The Bertz CT molecular complexity index is 154. The Morgan fingerprint density at radius 2 is 2.15 bits per heavy atom. The highest BCUT2D eigenvalue weighted by Gasteiger charge is 2.18. The van der Waals surface area contributed by atoms with Gasteiger partial charge in [0.1, 0.15) is 5.78 Å². The third-order valence-corrected chi connectivity index (χ3v) is 2.85. The number of unbranched alkanes of at least 4 members (excludes halogenated alkanes) is 2. The van der Waals surface area contributed by atoms with Crippen LogP contribution in [0.15, 0.2) is 0 Å². The van der Waals surface area contributed by atoms with Gasteiger partial charge in [-0.25, -0.2) is 0 Å². The number of carbonyl (C=O) groups excluding carboxylic acids is 1. The van der Waals surface area contributed by atoms with Gasteiger partial charge in [0, 0.05) is 19.4 Å². The van der Waals surface area contributed by atoms with E-state index in [2.05, 4.69) is 0 Å². The summed E-state index contributed by atoms with van der Waals surface area (Å²) >= 11 is 0. The summed E-state index contributed by atoms with van der Waals surface area (Å²) in [6.45, 7) is 0.309. The molecule has 1 rings (SSSR count). The molecule has 1 atom stereocenters. The number of rotatable bonds is 5. The van der Waals surface area contributed by atoms with Crippen LogP contribution < -0.4 is 0 Å². The van der Waals surface area contributed by atoms with E-state index in [1.54, 1.807) is 0 Å².